The summed E-state index contributed by atoms with van der Waals surface area (Å²) in [5.74, 6) is 0. The summed E-state index contributed by atoms with van der Waals surface area (Å²) in [6.45, 7) is 2.94. The van der Waals surface area contributed by atoms with Crippen LogP contribution in [-0.4, -0.2) is 10.5 Å². The van der Waals surface area contributed by atoms with Crippen molar-refractivity contribution in [2.45, 2.75) is 44.7 Å². The molecule has 1 aliphatic rings. The van der Waals surface area contributed by atoms with Gasteiger partial charge in [0.15, 0.2) is 0 Å². The number of nitrogens with one attached hydrogen (secondary N) is 1. The van der Waals surface area contributed by atoms with Gasteiger partial charge in [-0.3, -0.25) is 10.1 Å². The van der Waals surface area contributed by atoms with Crippen LogP contribution in [0.3, 0.4) is 0 Å². The Morgan fingerprint density at radius 3 is 2.76 bits per heavy atom. The minimum atomic E-state index is -0.346. The number of nitro benzene ring substituents is 1. The molecule has 1 aromatic carbocycles. The molecular weight excluding hydrogens is 216 g/mol. The van der Waals surface area contributed by atoms with Crippen molar-refractivity contribution in [3.05, 3.63) is 39.9 Å². The van der Waals surface area contributed by atoms with Crippen LogP contribution in [0.5, 0.6) is 0 Å². The van der Waals surface area contributed by atoms with Crippen LogP contribution in [0.4, 0.5) is 5.69 Å². The average Bonchev–Trinajstić information content (AvgIpc) is 2.75. The topological polar surface area (TPSA) is 55.2 Å². The van der Waals surface area contributed by atoms with Crippen molar-refractivity contribution in [3.63, 3.8) is 0 Å². The molecule has 2 rings (SSSR count). The van der Waals surface area contributed by atoms with Crippen LogP contribution in [0.15, 0.2) is 24.3 Å². The second-order valence-corrected chi connectivity index (χ2v) is 5.05. The lowest BCUT2D eigenvalue weighted by Gasteiger charge is -2.25. The maximum Gasteiger partial charge on any atom is 0.269 e. The Hall–Kier alpha value is -1.42. The van der Waals surface area contributed by atoms with Crippen molar-refractivity contribution in [1.29, 1.82) is 0 Å². The van der Waals surface area contributed by atoms with Crippen LogP contribution in [-0.2, 0) is 6.54 Å². The summed E-state index contributed by atoms with van der Waals surface area (Å²) in [5.41, 5.74) is 1.36. The molecule has 0 bridgehead atoms. The van der Waals surface area contributed by atoms with E-state index in [1.807, 2.05) is 6.07 Å². The second kappa shape index (κ2) is 4.84. The molecule has 1 aliphatic carbocycles. The lowest BCUT2D eigenvalue weighted by Crippen LogP contribution is -2.38. The van der Waals surface area contributed by atoms with Gasteiger partial charge < -0.3 is 5.32 Å². The summed E-state index contributed by atoms with van der Waals surface area (Å²) in [7, 11) is 0. The second-order valence-electron chi connectivity index (χ2n) is 5.05. The number of nitrogens with zero attached hydrogens (tertiary/aromatic N) is 1. The number of nitro groups is 1. The molecule has 1 aromatic rings. The van der Waals surface area contributed by atoms with Crippen LogP contribution < -0.4 is 5.32 Å². The van der Waals surface area contributed by atoms with Crippen LogP contribution in [0.25, 0.3) is 0 Å². The van der Waals surface area contributed by atoms with Gasteiger partial charge in [-0.15, -0.1) is 0 Å². The quantitative estimate of drug-likeness (QED) is 0.643. The molecule has 92 valence electrons. The third-order valence-electron chi connectivity index (χ3n) is 3.55. The Labute approximate surface area is 101 Å². The Bertz CT molecular complexity index is 412. The maximum absolute atomic E-state index is 10.7. The van der Waals surface area contributed by atoms with Crippen molar-refractivity contribution in [2.24, 2.45) is 0 Å². The summed E-state index contributed by atoms with van der Waals surface area (Å²) in [6.07, 6.45) is 4.95. The molecule has 1 fully saturated rings. The molecular formula is C13H18N2O2. The molecule has 0 unspecified atom stereocenters. The molecule has 4 heteroatoms. The summed E-state index contributed by atoms with van der Waals surface area (Å²) < 4.78 is 0. The monoisotopic (exact) mass is 234 g/mol. The zero-order chi connectivity index (χ0) is 12.3. The van der Waals surface area contributed by atoms with Gasteiger partial charge in [0.2, 0.25) is 0 Å². The molecule has 1 N–H and O–H groups in total. The van der Waals surface area contributed by atoms with Crippen molar-refractivity contribution in [1.82, 2.24) is 5.32 Å². The summed E-state index contributed by atoms with van der Waals surface area (Å²) >= 11 is 0. The van der Waals surface area contributed by atoms with Crippen LogP contribution >= 0.6 is 0 Å². The van der Waals surface area contributed by atoms with E-state index in [1.165, 1.54) is 31.7 Å². The van der Waals surface area contributed by atoms with Gasteiger partial charge in [0, 0.05) is 24.2 Å². The SMILES string of the molecule is CC1(NCc2cccc([N+](=O)[O-])c2)CCCC1. The first-order valence-corrected chi connectivity index (χ1v) is 6.07. The summed E-state index contributed by atoms with van der Waals surface area (Å²) in [4.78, 5) is 10.3. The Morgan fingerprint density at radius 1 is 1.41 bits per heavy atom. The third-order valence-corrected chi connectivity index (χ3v) is 3.55. The van der Waals surface area contributed by atoms with E-state index in [-0.39, 0.29) is 16.1 Å². The number of hydrogen-bond donors (Lipinski definition) is 1. The highest BCUT2D eigenvalue weighted by Gasteiger charge is 2.27. The fraction of sp³-hybridized carbons (Fsp3) is 0.538. The number of benzene rings is 1. The fourth-order valence-electron chi connectivity index (χ4n) is 2.43. The van der Waals surface area contributed by atoms with Gasteiger partial charge in [-0.05, 0) is 25.3 Å². The highest BCUT2D eigenvalue weighted by molar-refractivity contribution is 5.34. The average molecular weight is 234 g/mol. The standard InChI is InChI=1S/C13H18N2O2/c1-13(7-2-3-8-13)14-10-11-5-4-6-12(9-11)15(16)17/h4-6,9,14H,2-3,7-8,10H2,1H3. The molecule has 0 heterocycles. The summed E-state index contributed by atoms with van der Waals surface area (Å²) in [6, 6.07) is 6.84. The van der Waals surface area contributed by atoms with Crippen LogP contribution in [0, 0.1) is 10.1 Å². The van der Waals surface area contributed by atoms with Gasteiger partial charge in [-0.2, -0.15) is 0 Å². The molecule has 17 heavy (non-hydrogen) atoms. The molecule has 0 saturated heterocycles. The smallest absolute Gasteiger partial charge is 0.269 e. The molecule has 4 nitrogen and oxygen atoms in total. The van der Waals surface area contributed by atoms with E-state index >= 15 is 0 Å². The van der Waals surface area contributed by atoms with Crippen LogP contribution in [0.2, 0.25) is 0 Å². The normalized spacial score (nSPS) is 18.2. The van der Waals surface area contributed by atoms with Gasteiger partial charge >= 0.3 is 0 Å². The lowest BCUT2D eigenvalue weighted by atomic mass is 10.0. The first kappa shape index (κ1) is 12.0. The predicted molar refractivity (Wildman–Crippen MR) is 66.8 cm³/mol. The van der Waals surface area contributed by atoms with E-state index < -0.39 is 0 Å². The van der Waals surface area contributed by atoms with E-state index in [0.717, 1.165) is 5.56 Å². The first-order chi connectivity index (χ1) is 8.09. The Kier molecular flexibility index (Phi) is 3.43. The zero-order valence-corrected chi connectivity index (χ0v) is 10.1. The highest BCUT2D eigenvalue weighted by Crippen LogP contribution is 2.29. The van der Waals surface area contributed by atoms with Crippen LogP contribution in [0.1, 0.15) is 38.2 Å². The summed E-state index contributed by atoms with van der Waals surface area (Å²) in [5, 5.41) is 14.2. The lowest BCUT2D eigenvalue weighted by molar-refractivity contribution is -0.384. The van der Waals surface area contributed by atoms with E-state index in [1.54, 1.807) is 12.1 Å². The molecule has 0 amide bonds. The van der Waals surface area contributed by atoms with Crippen molar-refractivity contribution in [3.8, 4) is 0 Å². The van der Waals surface area contributed by atoms with E-state index in [4.69, 9.17) is 0 Å². The molecule has 0 spiro atoms. The highest BCUT2D eigenvalue weighted by atomic mass is 16.6. The maximum atomic E-state index is 10.7. The van der Waals surface area contributed by atoms with Crippen molar-refractivity contribution in [2.75, 3.05) is 0 Å². The largest absolute Gasteiger partial charge is 0.307 e. The molecule has 0 radical (unpaired) electrons. The van der Waals surface area contributed by atoms with E-state index in [9.17, 15) is 10.1 Å². The third kappa shape index (κ3) is 3.03. The van der Waals surface area contributed by atoms with Gasteiger partial charge in [0.05, 0.1) is 4.92 Å². The van der Waals surface area contributed by atoms with Gasteiger partial charge in [-0.25, -0.2) is 0 Å². The fourth-order valence-corrected chi connectivity index (χ4v) is 2.43. The molecule has 1 saturated carbocycles. The van der Waals surface area contributed by atoms with Gasteiger partial charge in [0.1, 0.15) is 0 Å². The predicted octanol–water partition coefficient (Wildman–Crippen LogP) is 3.02. The minimum Gasteiger partial charge on any atom is -0.307 e. The van der Waals surface area contributed by atoms with Gasteiger partial charge in [-0.1, -0.05) is 25.0 Å². The molecule has 0 aromatic heterocycles. The first-order valence-electron chi connectivity index (χ1n) is 6.07. The number of non-ortho nitro benzene ring substituents is 1. The van der Waals surface area contributed by atoms with Gasteiger partial charge in [0.25, 0.3) is 5.69 Å². The number of rotatable bonds is 4. The number of hydrogen-bond acceptors (Lipinski definition) is 3. The van der Waals surface area contributed by atoms with E-state index in [2.05, 4.69) is 12.2 Å². The Balaban J connectivity index is 1.99. The van der Waals surface area contributed by atoms with Crippen molar-refractivity contribution >= 4 is 5.69 Å². The Morgan fingerprint density at radius 2 is 2.12 bits per heavy atom. The van der Waals surface area contributed by atoms with Crippen molar-refractivity contribution < 1.29 is 4.92 Å². The minimum absolute atomic E-state index is 0.167. The zero-order valence-electron chi connectivity index (χ0n) is 10.1. The molecule has 0 atom stereocenters. The van der Waals surface area contributed by atoms with E-state index in [0.29, 0.717) is 6.54 Å². The molecule has 0 aliphatic heterocycles.